The van der Waals surface area contributed by atoms with Crippen LogP contribution in [0.2, 0.25) is 0 Å². The number of anilines is 1. The molecule has 5 rings (SSSR count). The largest absolute Gasteiger partial charge is 0.398 e. The van der Waals surface area contributed by atoms with E-state index >= 15 is 0 Å². The summed E-state index contributed by atoms with van der Waals surface area (Å²) in [5.74, 6) is 0. The molecule has 0 radical (unpaired) electrons. The second-order valence-electron chi connectivity index (χ2n) is 8.35. The number of fused-ring (bicyclic) bond motifs is 1. The molecule has 0 bridgehead atoms. The van der Waals surface area contributed by atoms with Crippen molar-refractivity contribution < 1.29 is 4.92 Å². The molecule has 0 spiro atoms. The molecular weight excluding hydrogens is 424 g/mol. The van der Waals surface area contributed by atoms with E-state index in [0.29, 0.717) is 22.3 Å². The van der Waals surface area contributed by atoms with Gasteiger partial charge in [-0.3, -0.25) is 10.1 Å². The van der Waals surface area contributed by atoms with E-state index in [-0.39, 0.29) is 5.69 Å². The van der Waals surface area contributed by atoms with Crippen molar-refractivity contribution in [1.29, 1.82) is 0 Å². The maximum atomic E-state index is 11.1. The number of benzene rings is 4. The minimum Gasteiger partial charge on any atom is -0.398 e. The van der Waals surface area contributed by atoms with Gasteiger partial charge in [-0.05, 0) is 43.7 Å². The van der Waals surface area contributed by atoms with Gasteiger partial charge in [-0.1, -0.05) is 59.7 Å². The van der Waals surface area contributed by atoms with Gasteiger partial charge in [0.05, 0.1) is 27.3 Å². The zero-order chi connectivity index (χ0) is 23.8. The monoisotopic (exact) mass is 446 g/mol. The lowest BCUT2D eigenvalue weighted by molar-refractivity contribution is -0.384. The molecule has 0 aliphatic carbocycles. The van der Waals surface area contributed by atoms with Crippen molar-refractivity contribution in [2.24, 2.45) is 0 Å². The van der Waals surface area contributed by atoms with Gasteiger partial charge >= 0.3 is 0 Å². The molecule has 6 nitrogen and oxygen atoms in total. The molecule has 0 saturated heterocycles. The maximum Gasteiger partial charge on any atom is 0.269 e. The highest BCUT2D eigenvalue weighted by atomic mass is 16.6. The minimum absolute atomic E-state index is 0.0237. The van der Waals surface area contributed by atoms with E-state index < -0.39 is 4.92 Å². The number of nitrogen functional groups attached to an aromatic ring is 1. The van der Waals surface area contributed by atoms with Crippen LogP contribution in [0.1, 0.15) is 11.1 Å². The van der Waals surface area contributed by atoms with E-state index in [2.05, 4.69) is 43.3 Å². The lowest BCUT2D eigenvalue weighted by atomic mass is 9.98. The van der Waals surface area contributed by atoms with E-state index in [1.165, 1.54) is 17.7 Å². The molecule has 34 heavy (non-hydrogen) atoms. The van der Waals surface area contributed by atoms with Crippen molar-refractivity contribution in [2.45, 2.75) is 13.8 Å². The first-order chi connectivity index (χ1) is 16.4. The summed E-state index contributed by atoms with van der Waals surface area (Å²) in [7, 11) is 0. The first-order valence-corrected chi connectivity index (χ1v) is 10.9. The Bertz CT molecular complexity index is 1530. The van der Waals surface area contributed by atoms with Crippen LogP contribution in [0.5, 0.6) is 0 Å². The topological polar surface area (TPSA) is 94.9 Å². The van der Waals surface area contributed by atoms with Crippen molar-refractivity contribution in [2.75, 3.05) is 5.73 Å². The van der Waals surface area contributed by atoms with Gasteiger partial charge in [0, 0.05) is 34.5 Å². The zero-order valence-electron chi connectivity index (χ0n) is 18.8. The first kappa shape index (κ1) is 21.3. The highest BCUT2D eigenvalue weighted by Gasteiger charge is 2.18. The quantitative estimate of drug-likeness (QED) is 0.187. The number of rotatable bonds is 4. The van der Waals surface area contributed by atoms with E-state index in [0.717, 1.165) is 33.6 Å². The molecular formula is C28H22N4O2. The van der Waals surface area contributed by atoms with Crippen molar-refractivity contribution in [3.05, 3.63) is 106 Å². The van der Waals surface area contributed by atoms with Crippen LogP contribution in [0.4, 0.5) is 11.4 Å². The van der Waals surface area contributed by atoms with Crippen LogP contribution in [-0.2, 0) is 0 Å². The fourth-order valence-electron chi connectivity index (χ4n) is 4.02. The smallest absolute Gasteiger partial charge is 0.269 e. The third-order valence-electron chi connectivity index (χ3n) is 5.89. The molecule has 5 aromatic rings. The molecule has 2 N–H and O–H groups in total. The van der Waals surface area contributed by atoms with Crippen LogP contribution < -0.4 is 5.73 Å². The molecule has 1 heterocycles. The standard InChI is InChI=1S/C28H22N4O2/c1-17-3-7-20(8-4-17)26-27(21-9-5-18(2)6-10-21)31-28-24(30-26)16-15-23(29)25(28)19-11-13-22(14-12-19)32(33)34/h3-16H,29H2,1-2H3. The van der Waals surface area contributed by atoms with Crippen LogP contribution >= 0.6 is 0 Å². The van der Waals surface area contributed by atoms with Crippen LogP contribution in [0.3, 0.4) is 0 Å². The van der Waals surface area contributed by atoms with E-state index in [9.17, 15) is 10.1 Å². The first-order valence-electron chi connectivity index (χ1n) is 10.9. The molecule has 0 aliphatic heterocycles. The lowest BCUT2D eigenvalue weighted by Gasteiger charge is -2.15. The van der Waals surface area contributed by atoms with Crippen molar-refractivity contribution >= 4 is 22.4 Å². The normalized spacial score (nSPS) is 11.0. The molecule has 0 aliphatic rings. The molecule has 0 atom stereocenters. The second kappa shape index (κ2) is 8.41. The van der Waals surface area contributed by atoms with Crippen molar-refractivity contribution in [3.8, 4) is 33.6 Å². The highest BCUT2D eigenvalue weighted by molar-refractivity contribution is 6.00. The van der Waals surface area contributed by atoms with Crippen LogP contribution in [-0.4, -0.2) is 14.9 Å². The van der Waals surface area contributed by atoms with Crippen molar-refractivity contribution in [3.63, 3.8) is 0 Å². The van der Waals surface area contributed by atoms with Gasteiger partial charge < -0.3 is 5.73 Å². The number of non-ortho nitro benzene ring substituents is 1. The molecule has 6 heteroatoms. The SMILES string of the molecule is Cc1ccc(-c2nc3ccc(N)c(-c4ccc([N+](=O)[O-])cc4)c3nc2-c2ccc(C)cc2)cc1. The van der Waals surface area contributed by atoms with Gasteiger partial charge in [-0.25, -0.2) is 9.97 Å². The number of nitro benzene ring substituents is 1. The van der Waals surface area contributed by atoms with Crippen LogP contribution in [0.25, 0.3) is 44.7 Å². The number of hydrogen-bond acceptors (Lipinski definition) is 5. The fraction of sp³-hybridized carbons (Fsp3) is 0.0714. The van der Waals surface area contributed by atoms with E-state index in [4.69, 9.17) is 15.7 Å². The van der Waals surface area contributed by atoms with E-state index in [1.54, 1.807) is 18.2 Å². The third-order valence-corrected chi connectivity index (χ3v) is 5.89. The van der Waals surface area contributed by atoms with E-state index in [1.807, 2.05) is 25.1 Å². The minimum atomic E-state index is -0.417. The average Bonchev–Trinajstić information content (AvgIpc) is 2.84. The number of nitrogens with zero attached hydrogens (tertiary/aromatic N) is 3. The summed E-state index contributed by atoms with van der Waals surface area (Å²) in [5.41, 5.74) is 15.6. The Morgan fingerprint density at radius 2 is 1.18 bits per heavy atom. The number of aromatic nitrogens is 2. The van der Waals surface area contributed by atoms with Gasteiger partial charge in [0.2, 0.25) is 0 Å². The molecule has 1 aromatic heterocycles. The van der Waals surface area contributed by atoms with Gasteiger partial charge in [-0.15, -0.1) is 0 Å². The average molecular weight is 447 g/mol. The predicted octanol–water partition coefficient (Wildman–Crippen LogP) is 6.74. The van der Waals surface area contributed by atoms with Gasteiger partial charge in [0.15, 0.2) is 0 Å². The Balaban J connectivity index is 1.79. The molecule has 0 fully saturated rings. The molecule has 166 valence electrons. The second-order valence-corrected chi connectivity index (χ2v) is 8.35. The van der Waals surface area contributed by atoms with Gasteiger partial charge in [0.1, 0.15) is 0 Å². The highest BCUT2D eigenvalue weighted by Crippen LogP contribution is 2.37. The summed E-state index contributed by atoms with van der Waals surface area (Å²) in [5, 5.41) is 11.1. The Morgan fingerprint density at radius 1 is 0.676 bits per heavy atom. The summed E-state index contributed by atoms with van der Waals surface area (Å²) in [4.78, 5) is 20.8. The fourth-order valence-corrected chi connectivity index (χ4v) is 4.02. The lowest BCUT2D eigenvalue weighted by Crippen LogP contribution is -2.00. The summed E-state index contributed by atoms with van der Waals surface area (Å²) in [6.45, 7) is 4.10. The third kappa shape index (κ3) is 3.86. The van der Waals surface area contributed by atoms with Gasteiger partial charge in [-0.2, -0.15) is 0 Å². The molecule has 0 unspecified atom stereocenters. The Hall–Kier alpha value is -4.58. The number of aryl methyl sites for hydroxylation is 2. The number of hydrogen-bond donors (Lipinski definition) is 1. The summed E-state index contributed by atoms with van der Waals surface area (Å²) < 4.78 is 0. The molecule has 0 amide bonds. The summed E-state index contributed by atoms with van der Waals surface area (Å²) in [6, 6.07) is 26.4. The number of nitrogens with two attached hydrogens (primary N) is 1. The van der Waals surface area contributed by atoms with Crippen molar-refractivity contribution in [1.82, 2.24) is 9.97 Å². The van der Waals surface area contributed by atoms with Crippen LogP contribution in [0.15, 0.2) is 84.9 Å². The molecule has 0 saturated carbocycles. The Morgan fingerprint density at radius 3 is 1.71 bits per heavy atom. The molecule has 4 aromatic carbocycles. The Labute approximate surface area is 196 Å². The summed E-state index contributed by atoms with van der Waals surface area (Å²) in [6.07, 6.45) is 0. The van der Waals surface area contributed by atoms with Gasteiger partial charge in [0.25, 0.3) is 5.69 Å². The summed E-state index contributed by atoms with van der Waals surface area (Å²) >= 11 is 0. The zero-order valence-corrected chi connectivity index (χ0v) is 18.8. The number of nitro groups is 1. The van der Waals surface area contributed by atoms with Crippen LogP contribution in [0, 0.1) is 24.0 Å². The maximum absolute atomic E-state index is 11.1. The Kier molecular flexibility index (Phi) is 5.26. The predicted molar refractivity (Wildman–Crippen MR) is 136 cm³/mol.